The number of hydrogen-bond donors (Lipinski definition) is 0. The number of rotatable bonds is 5. The maximum atomic E-state index is 6.33. The molecular formula is C16H24ClN3. The van der Waals surface area contributed by atoms with E-state index >= 15 is 0 Å². The van der Waals surface area contributed by atoms with Crippen molar-refractivity contribution in [2.45, 2.75) is 38.6 Å². The highest BCUT2D eigenvalue weighted by Crippen LogP contribution is 2.29. The SMILES string of the molecule is Cc1ccc2c(c1)nc(C(C)Cl)n2C(C)CCN(C)C. The van der Waals surface area contributed by atoms with Crippen LogP contribution in [0.4, 0.5) is 0 Å². The number of alkyl halides is 1. The minimum Gasteiger partial charge on any atom is -0.324 e. The van der Waals surface area contributed by atoms with E-state index in [2.05, 4.69) is 55.6 Å². The average molecular weight is 294 g/mol. The first-order valence-electron chi connectivity index (χ1n) is 7.17. The molecule has 0 N–H and O–H groups in total. The first kappa shape index (κ1) is 15.3. The molecule has 1 aromatic heterocycles. The summed E-state index contributed by atoms with van der Waals surface area (Å²) >= 11 is 6.33. The molecule has 0 bridgehead atoms. The third-order valence-corrected chi connectivity index (χ3v) is 3.86. The van der Waals surface area contributed by atoms with Crippen LogP contribution < -0.4 is 0 Å². The molecule has 110 valence electrons. The predicted octanol–water partition coefficient (Wildman–Crippen LogP) is 4.16. The van der Waals surface area contributed by atoms with Crippen molar-refractivity contribution in [3.63, 3.8) is 0 Å². The lowest BCUT2D eigenvalue weighted by Gasteiger charge is -2.20. The van der Waals surface area contributed by atoms with E-state index in [9.17, 15) is 0 Å². The number of benzene rings is 1. The molecule has 0 aliphatic rings. The van der Waals surface area contributed by atoms with Crippen LogP contribution in [0, 0.1) is 6.92 Å². The van der Waals surface area contributed by atoms with Crippen molar-refractivity contribution in [3.8, 4) is 0 Å². The molecule has 0 radical (unpaired) electrons. The summed E-state index contributed by atoms with van der Waals surface area (Å²) in [5.41, 5.74) is 3.46. The summed E-state index contributed by atoms with van der Waals surface area (Å²) in [5, 5.41) is -0.0792. The number of halogens is 1. The van der Waals surface area contributed by atoms with Gasteiger partial charge in [0.25, 0.3) is 0 Å². The third-order valence-electron chi connectivity index (χ3n) is 3.66. The Balaban J connectivity index is 2.45. The van der Waals surface area contributed by atoms with E-state index in [1.54, 1.807) is 0 Å². The zero-order valence-electron chi connectivity index (χ0n) is 13.0. The predicted molar refractivity (Wildman–Crippen MR) is 86.6 cm³/mol. The van der Waals surface area contributed by atoms with E-state index in [1.807, 2.05) is 6.92 Å². The lowest BCUT2D eigenvalue weighted by Crippen LogP contribution is -2.18. The molecule has 2 unspecified atom stereocenters. The van der Waals surface area contributed by atoms with Crippen LogP contribution in [0.3, 0.4) is 0 Å². The summed E-state index contributed by atoms with van der Waals surface area (Å²) in [6.45, 7) is 7.39. The summed E-state index contributed by atoms with van der Waals surface area (Å²) in [5.74, 6) is 0.971. The fourth-order valence-corrected chi connectivity index (χ4v) is 2.70. The van der Waals surface area contributed by atoms with Crippen molar-refractivity contribution in [2.75, 3.05) is 20.6 Å². The van der Waals surface area contributed by atoms with Gasteiger partial charge in [0, 0.05) is 6.04 Å². The number of aromatic nitrogens is 2. The molecule has 0 saturated heterocycles. The molecule has 2 atom stereocenters. The van der Waals surface area contributed by atoms with Crippen molar-refractivity contribution < 1.29 is 0 Å². The second-order valence-electron chi connectivity index (χ2n) is 5.89. The zero-order valence-corrected chi connectivity index (χ0v) is 13.8. The fourth-order valence-electron chi connectivity index (χ4n) is 2.55. The zero-order chi connectivity index (χ0) is 14.9. The quantitative estimate of drug-likeness (QED) is 0.772. The summed E-state index contributed by atoms with van der Waals surface area (Å²) in [6, 6.07) is 6.82. The normalized spacial score (nSPS) is 14.9. The number of fused-ring (bicyclic) bond motifs is 1. The summed E-state index contributed by atoms with van der Waals surface area (Å²) in [6.07, 6.45) is 1.09. The van der Waals surface area contributed by atoms with Crippen molar-refractivity contribution >= 4 is 22.6 Å². The van der Waals surface area contributed by atoms with Gasteiger partial charge in [-0.2, -0.15) is 0 Å². The van der Waals surface area contributed by atoms with E-state index < -0.39 is 0 Å². The maximum absolute atomic E-state index is 6.33. The summed E-state index contributed by atoms with van der Waals surface area (Å²) < 4.78 is 2.30. The number of imidazole rings is 1. The van der Waals surface area contributed by atoms with Gasteiger partial charge in [-0.05, 0) is 65.5 Å². The Morgan fingerprint density at radius 3 is 2.60 bits per heavy atom. The van der Waals surface area contributed by atoms with Gasteiger partial charge in [-0.3, -0.25) is 0 Å². The van der Waals surface area contributed by atoms with Crippen LogP contribution in [0.5, 0.6) is 0 Å². The molecule has 0 spiro atoms. The average Bonchev–Trinajstić information content (AvgIpc) is 2.74. The molecular weight excluding hydrogens is 270 g/mol. The molecule has 0 aliphatic heterocycles. The van der Waals surface area contributed by atoms with Gasteiger partial charge in [-0.25, -0.2) is 4.98 Å². The number of aryl methyl sites for hydroxylation is 1. The summed E-state index contributed by atoms with van der Waals surface area (Å²) in [7, 11) is 4.21. The van der Waals surface area contributed by atoms with Gasteiger partial charge in [0.05, 0.1) is 16.4 Å². The number of hydrogen-bond acceptors (Lipinski definition) is 2. The minimum atomic E-state index is -0.0792. The molecule has 4 heteroatoms. The van der Waals surface area contributed by atoms with Gasteiger partial charge in [-0.15, -0.1) is 11.6 Å². The monoisotopic (exact) mass is 293 g/mol. The van der Waals surface area contributed by atoms with E-state index in [0.717, 1.165) is 24.3 Å². The molecule has 1 heterocycles. The Hall–Kier alpha value is -1.06. The molecule has 0 saturated carbocycles. The lowest BCUT2D eigenvalue weighted by atomic mass is 10.2. The lowest BCUT2D eigenvalue weighted by molar-refractivity contribution is 0.357. The third kappa shape index (κ3) is 3.15. The van der Waals surface area contributed by atoms with Gasteiger partial charge in [0.15, 0.2) is 0 Å². The largest absolute Gasteiger partial charge is 0.324 e. The van der Waals surface area contributed by atoms with Crippen molar-refractivity contribution in [2.24, 2.45) is 0 Å². The Morgan fingerprint density at radius 1 is 1.30 bits per heavy atom. The fraction of sp³-hybridized carbons (Fsp3) is 0.562. The van der Waals surface area contributed by atoms with Crippen LogP contribution in [-0.4, -0.2) is 35.1 Å². The molecule has 2 aromatic rings. The van der Waals surface area contributed by atoms with Gasteiger partial charge in [0.2, 0.25) is 0 Å². The number of nitrogens with zero attached hydrogens (tertiary/aromatic N) is 3. The van der Waals surface area contributed by atoms with E-state index in [0.29, 0.717) is 6.04 Å². The van der Waals surface area contributed by atoms with Crippen molar-refractivity contribution in [1.82, 2.24) is 14.5 Å². The van der Waals surface area contributed by atoms with Crippen LogP contribution in [0.15, 0.2) is 18.2 Å². The van der Waals surface area contributed by atoms with E-state index in [4.69, 9.17) is 16.6 Å². The Morgan fingerprint density at radius 2 is 2.00 bits per heavy atom. The molecule has 20 heavy (non-hydrogen) atoms. The van der Waals surface area contributed by atoms with Crippen LogP contribution >= 0.6 is 11.6 Å². The first-order valence-corrected chi connectivity index (χ1v) is 7.61. The van der Waals surface area contributed by atoms with Gasteiger partial charge in [-0.1, -0.05) is 6.07 Å². The van der Waals surface area contributed by atoms with Crippen LogP contribution in [0.25, 0.3) is 11.0 Å². The Labute approximate surface area is 126 Å². The standard InChI is InChI=1S/C16H24ClN3/c1-11-6-7-15-14(10-11)18-16(13(3)17)20(15)12(2)8-9-19(4)5/h6-7,10,12-13H,8-9H2,1-5H3. The molecule has 3 nitrogen and oxygen atoms in total. The Kier molecular flexibility index (Phi) is 4.71. The second-order valence-corrected chi connectivity index (χ2v) is 6.54. The Bertz CT molecular complexity index is 587. The van der Waals surface area contributed by atoms with Crippen LogP contribution in [0.2, 0.25) is 0 Å². The van der Waals surface area contributed by atoms with E-state index in [-0.39, 0.29) is 5.38 Å². The molecule has 0 fully saturated rings. The first-order chi connectivity index (χ1) is 9.40. The van der Waals surface area contributed by atoms with Gasteiger partial charge >= 0.3 is 0 Å². The van der Waals surface area contributed by atoms with Gasteiger partial charge in [0.1, 0.15) is 5.82 Å². The van der Waals surface area contributed by atoms with Gasteiger partial charge < -0.3 is 9.47 Å². The smallest absolute Gasteiger partial charge is 0.127 e. The minimum absolute atomic E-state index is 0.0792. The highest BCUT2D eigenvalue weighted by atomic mass is 35.5. The molecule has 1 aromatic carbocycles. The maximum Gasteiger partial charge on any atom is 0.127 e. The second kappa shape index (κ2) is 6.15. The highest BCUT2D eigenvalue weighted by Gasteiger charge is 2.19. The molecule has 0 amide bonds. The van der Waals surface area contributed by atoms with Crippen LogP contribution in [0.1, 0.15) is 43.1 Å². The highest BCUT2D eigenvalue weighted by molar-refractivity contribution is 6.20. The topological polar surface area (TPSA) is 21.1 Å². The van der Waals surface area contributed by atoms with Crippen LogP contribution in [-0.2, 0) is 0 Å². The van der Waals surface area contributed by atoms with E-state index in [1.165, 1.54) is 11.1 Å². The summed E-state index contributed by atoms with van der Waals surface area (Å²) in [4.78, 5) is 6.95. The van der Waals surface area contributed by atoms with Crippen molar-refractivity contribution in [3.05, 3.63) is 29.6 Å². The molecule has 0 aliphatic carbocycles. The van der Waals surface area contributed by atoms with Crippen molar-refractivity contribution in [1.29, 1.82) is 0 Å². The molecule has 2 rings (SSSR count).